The van der Waals surface area contributed by atoms with E-state index >= 15 is 0 Å². The highest BCUT2D eigenvalue weighted by atomic mass is 16.6. The van der Waals surface area contributed by atoms with Crippen LogP contribution >= 0.6 is 0 Å². The van der Waals surface area contributed by atoms with Gasteiger partial charge < -0.3 is 5.32 Å². The third-order valence-corrected chi connectivity index (χ3v) is 3.84. The van der Waals surface area contributed by atoms with Gasteiger partial charge in [-0.25, -0.2) is 4.98 Å². The lowest BCUT2D eigenvalue weighted by atomic mass is 10.1. The summed E-state index contributed by atoms with van der Waals surface area (Å²) in [6.45, 7) is 2.41. The number of nitrogens with zero attached hydrogens (tertiary/aromatic N) is 3. The second kappa shape index (κ2) is 6.49. The van der Waals surface area contributed by atoms with Crippen molar-refractivity contribution in [2.75, 3.05) is 5.32 Å². The number of pyridine rings is 1. The molecule has 0 saturated carbocycles. The summed E-state index contributed by atoms with van der Waals surface area (Å²) in [5, 5.41) is 14.3. The molecule has 0 unspecified atom stereocenters. The summed E-state index contributed by atoms with van der Waals surface area (Å²) in [7, 11) is 0. The number of hydrogen-bond donors (Lipinski definition) is 1. The molecule has 24 heavy (non-hydrogen) atoms. The van der Waals surface area contributed by atoms with Crippen LogP contribution in [-0.4, -0.2) is 14.3 Å². The van der Waals surface area contributed by atoms with Gasteiger partial charge in [0.1, 0.15) is 5.65 Å². The number of nitrogens with one attached hydrogen (secondary N) is 1. The quantitative estimate of drug-likeness (QED) is 0.576. The van der Waals surface area contributed by atoms with Crippen molar-refractivity contribution in [1.82, 2.24) is 9.38 Å². The lowest BCUT2D eigenvalue weighted by molar-refractivity contribution is -0.385. The molecule has 0 aliphatic carbocycles. The van der Waals surface area contributed by atoms with Gasteiger partial charge in [0.05, 0.1) is 4.92 Å². The third kappa shape index (κ3) is 2.83. The highest BCUT2D eigenvalue weighted by Gasteiger charge is 2.23. The number of nitro groups is 1. The second-order valence-electron chi connectivity index (χ2n) is 5.28. The summed E-state index contributed by atoms with van der Waals surface area (Å²) in [6.07, 6.45) is 2.32. The molecule has 0 atom stereocenters. The van der Waals surface area contributed by atoms with Gasteiger partial charge in [-0.05, 0) is 29.7 Å². The SMILES string of the molecule is CCc1ccccc1CNc1nc2ccccn2c(=O)c1[N+](=O)[O-]. The molecule has 0 amide bonds. The van der Waals surface area contributed by atoms with E-state index in [9.17, 15) is 14.9 Å². The Bertz CT molecular complexity index is 965. The lowest BCUT2D eigenvalue weighted by Gasteiger charge is -2.10. The molecule has 0 radical (unpaired) electrons. The third-order valence-electron chi connectivity index (χ3n) is 3.84. The molecule has 3 rings (SSSR count). The number of benzene rings is 1. The average molecular weight is 324 g/mol. The minimum atomic E-state index is -0.697. The summed E-state index contributed by atoms with van der Waals surface area (Å²) < 4.78 is 1.17. The van der Waals surface area contributed by atoms with Crippen LogP contribution in [0.3, 0.4) is 0 Å². The predicted octanol–water partition coefficient (Wildman–Crippen LogP) is 2.78. The van der Waals surface area contributed by atoms with Crippen LogP contribution in [0.15, 0.2) is 53.5 Å². The topological polar surface area (TPSA) is 89.5 Å². The van der Waals surface area contributed by atoms with E-state index in [0.717, 1.165) is 17.5 Å². The van der Waals surface area contributed by atoms with E-state index < -0.39 is 16.2 Å². The van der Waals surface area contributed by atoms with Gasteiger partial charge in [0, 0.05) is 12.7 Å². The molecule has 0 aliphatic heterocycles. The highest BCUT2D eigenvalue weighted by molar-refractivity contribution is 5.60. The number of aryl methyl sites for hydroxylation is 1. The molecule has 7 nitrogen and oxygen atoms in total. The molecular weight excluding hydrogens is 308 g/mol. The molecule has 0 aliphatic rings. The predicted molar refractivity (Wildman–Crippen MR) is 91.3 cm³/mol. The minimum Gasteiger partial charge on any atom is -0.360 e. The fourth-order valence-electron chi connectivity index (χ4n) is 2.62. The van der Waals surface area contributed by atoms with Crippen molar-refractivity contribution >= 4 is 17.2 Å². The minimum absolute atomic E-state index is 0.0119. The molecule has 0 spiro atoms. The van der Waals surface area contributed by atoms with Crippen molar-refractivity contribution in [3.05, 3.63) is 80.3 Å². The first-order valence-electron chi connectivity index (χ1n) is 7.58. The molecule has 7 heteroatoms. The standard InChI is InChI=1S/C17H16N4O3/c1-2-12-7-3-4-8-13(12)11-18-16-15(21(23)24)17(22)20-10-6-5-9-14(20)19-16/h3-10,18H,2,11H2,1H3. The molecule has 122 valence electrons. The van der Waals surface area contributed by atoms with Crippen molar-refractivity contribution in [3.8, 4) is 0 Å². The Balaban J connectivity index is 2.04. The molecular formula is C17H16N4O3. The van der Waals surface area contributed by atoms with Crippen LogP contribution in [0.5, 0.6) is 0 Å². The normalized spacial score (nSPS) is 10.7. The van der Waals surface area contributed by atoms with E-state index in [2.05, 4.69) is 10.3 Å². The van der Waals surface area contributed by atoms with Crippen LogP contribution in [0.4, 0.5) is 11.5 Å². The molecule has 1 aromatic carbocycles. The largest absolute Gasteiger partial charge is 0.376 e. The van der Waals surface area contributed by atoms with Gasteiger partial charge in [-0.3, -0.25) is 19.3 Å². The second-order valence-corrected chi connectivity index (χ2v) is 5.28. The van der Waals surface area contributed by atoms with E-state index in [-0.39, 0.29) is 5.82 Å². The number of fused-ring (bicyclic) bond motifs is 1. The highest BCUT2D eigenvalue weighted by Crippen LogP contribution is 2.20. The molecule has 1 N–H and O–H groups in total. The van der Waals surface area contributed by atoms with Crippen LogP contribution in [0.2, 0.25) is 0 Å². The van der Waals surface area contributed by atoms with Crippen LogP contribution in [0.1, 0.15) is 18.1 Å². The van der Waals surface area contributed by atoms with Crippen LogP contribution in [0.25, 0.3) is 5.65 Å². The first-order chi connectivity index (χ1) is 11.6. The Hall–Kier alpha value is -3.22. The fraction of sp³-hybridized carbons (Fsp3) is 0.176. The molecule has 2 aromatic heterocycles. The summed E-state index contributed by atoms with van der Waals surface area (Å²) in [6, 6.07) is 12.8. The maximum absolute atomic E-state index is 12.4. The summed E-state index contributed by atoms with van der Waals surface area (Å²) in [5.74, 6) is -0.0119. The van der Waals surface area contributed by atoms with Gasteiger partial charge in [0.15, 0.2) is 0 Å². The Morgan fingerprint density at radius 3 is 2.58 bits per heavy atom. The maximum Gasteiger partial charge on any atom is 0.376 e. The number of anilines is 1. The van der Waals surface area contributed by atoms with Gasteiger partial charge in [-0.2, -0.15) is 0 Å². The van der Waals surface area contributed by atoms with Crippen molar-refractivity contribution in [1.29, 1.82) is 0 Å². The lowest BCUT2D eigenvalue weighted by Crippen LogP contribution is -2.21. The van der Waals surface area contributed by atoms with Crippen LogP contribution in [-0.2, 0) is 13.0 Å². The number of aromatic nitrogens is 2. The average Bonchev–Trinajstić information content (AvgIpc) is 2.60. The zero-order chi connectivity index (χ0) is 17.1. The zero-order valence-corrected chi connectivity index (χ0v) is 13.1. The Morgan fingerprint density at radius 1 is 1.17 bits per heavy atom. The Labute approximate surface area is 137 Å². The zero-order valence-electron chi connectivity index (χ0n) is 13.1. The Kier molecular flexibility index (Phi) is 4.24. The van der Waals surface area contributed by atoms with Gasteiger partial charge in [-0.15, -0.1) is 0 Å². The van der Waals surface area contributed by atoms with Crippen LogP contribution in [0, 0.1) is 10.1 Å². The van der Waals surface area contributed by atoms with E-state index in [1.807, 2.05) is 31.2 Å². The first-order valence-corrected chi connectivity index (χ1v) is 7.58. The van der Waals surface area contributed by atoms with E-state index in [0.29, 0.717) is 12.2 Å². The summed E-state index contributed by atoms with van der Waals surface area (Å²) in [5.41, 5.74) is 1.28. The summed E-state index contributed by atoms with van der Waals surface area (Å²) in [4.78, 5) is 27.2. The van der Waals surface area contributed by atoms with Gasteiger partial charge in [0.2, 0.25) is 5.82 Å². The van der Waals surface area contributed by atoms with Crippen molar-refractivity contribution in [2.24, 2.45) is 0 Å². The van der Waals surface area contributed by atoms with Crippen molar-refractivity contribution in [3.63, 3.8) is 0 Å². The van der Waals surface area contributed by atoms with Gasteiger partial charge in [-0.1, -0.05) is 37.3 Å². The van der Waals surface area contributed by atoms with Crippen LogP contribution < -0.4 is 10.9 Å². The first kappa shape index (κ1) is 15.7. The van der Waals surface area contributed by atoms with Gasteiger partial charge in [0.25, 0.3) is 0 Å². The van der Waals surface area contributed by atoms with Crippen molar-refractivity contribution < 1.29 is 4.92 Å². The van der Waals surface area contributed by atoms with Gasteiger partial charge >= 0.3 is 11.2 Å². The summed E-state index contributed by atoms with van der Waals surface area (Å²) >= 11 is 0. The smallest absolute Gasteiger partial charge is 0.360 e. The van der Waals surface area contributed by atoms with E-state index in [1.54, 1.807) is 18.2 Å². The molecule has 0 fully saturated rings. The molecule has 0 bridgehead atoms. The molecule has 0 saturated heterocycles. The molecule has 2 heterocycles. The number of rotatable bonds is 5. The van der Waals surface area contributed by atoms with E-state index in [4.69, 9.17) is 0 Å². The number of hydrogen-bond acceptors (Lipinski definition) is 5. The monoisotopic (exact) mass is 324 g/mol. The molecule has 3 aromatic rings. The van der Waals surface area contributed by atoms with E-state index in [1.165, 1.54) is 10.6 Å². The Morgan fingerprint density at radius 2 is 1.88 bits per heavy atom. The maximum atomic E-state index is 12.4. The fourth-order valence-corrected chi connectivity index (χ4v) is 2.62. The van der Waals surface area contributed by atoms with Crippen molar-refractivity contribution in [2.45, 2.75) is 19.9 Å².